The zero-order valence-electron chi connectivity index (χ0n) is 18.9. The molecule has 0 bridgehead atoms. The average molecular weight is 475 g/mol. The maximum Gasteiger partial charge on any atom is 0.573 e. The molecule has 1 aromatic heterocycles. The summed E-state index contributed by atoms with van der Waals surface area (Å²) in [7, 11) is 0. The average Bonchev–Trinajstić information content (AvgIpc) is 3.37. The van der Waals surface area contributed by atoms with Gasteiger partial charge in [0.1, 0.15) is 23.2 Å². The maximum atomic E-state index is 12.7. The molecule has 1 saturated carbocycles. The summed E-state index contributed by atoms with van der Waals surface area (Å²) in [6.45, 7) is 3.21. The van der Waals surface area contributed by atoms with Gasteiger partial charge in [-0.1, -0.05) is 18.2 Å². The van der Waals surface area contributed by atoms with Crippen LogP contribution in [0.25, 0.3) is 0 Å². The summed E-state index contributed by atoms with van der Waals surface area (Å²) >= 11 is 0. The summed E-state index contributed by atoms with van der Waals surface area (Å²) in [5.74, 6) is 0.893. The molecule has 1 aliphatic carbocycles. The molecule has 2 aliphatic rings. The van der Waals surface area contributed by atoms with Crippen molar-refractivity contribution in [3.05, 3.63) is 41.6 Å². The summed E-state index contributed by atoms with van der Waals surface area (Å²) in [4.78, 5) is 11.1. The topological polar surface area (TPSA) is 86.1 Å². The van der Waals surface area contributed by atoms with E-state index in [9.17, 15) is 18.4 Å². The van der Waals surface area contributed by atoms with Crippen molar-refractivity contribution in [1.82, 2.24) is 14.9 Å². The van der Waals surface area contributed by atoms with Crippen LogP contribution in [0.15, 0.2) is 30.5 Å². The van der Waals surface area contributed by atoms with Crippen LogP contribution in [-0.2, 0) is 6.54 Å². The Labute approximate surface area is 197 Å². The Morgan fingerprint density at radius 2 is 1.82 bits per heavy atom. The Hall–Kier alpha value is -3.06. The molecule has 4 rings (SSSR count). The van der Waals surface area contributed by atoms with Crippen molar-refractivity contribution in [2.24, 2.45) is 5.92 Å². The van der Waals surface area contributed by atoms with Gasteiger partial charge in [-0.2, -0.15) is 10.2 Å². The third kappa shape index (κ3) is 6.50. The fraction of sp³-hybridized carbons (Fsp3) is 0.542. The molecule has 7 nitrogen and oxygen atoms in total. The maximum absolute atomic E-state index is 12.7. The van der Waals surface area contributed by atoms with Gasteiger partial charge in [0.05, 0.1) is 6.20 Å². The van der Waals surface area contributed by atoms with E-state index in [4.69, 9.17) is 0 Å². The van der Waals surface area contributed by atoms with Crippen LogP contribution in [0.5, 0.6) is 5.75 Å². The predicted molar refractivity (Wildman–Crippen MR) is 122 cm³/mol. The molecule has 0 atom stereocenters. The van der Waals surface area contributed by atoms with Gasteiger partial charge in [-0.15, -0.1) is 13.2 Å². The Kier molecular flexibility index (Phi) is 7.73. The van der Waals surface area contributed by atoms with Crippen molar-refractivity contribution in [1.29, 1.82) is 5.26 Å². The molecule has 34 heavy (non-hydrogen) atoms. The molecule has 1 aliphatic heterocycles. The van der Waals surface area contributed by atoms with Crippen LogP contribution in [-0.4, -0.2) is 46.9 Å². The second-order valence-corrected chi connectivity index (χ2v) is 8.88. The van der Waals surface area contributed by atoms with Crippen LogP contribution in [0, 0.1) is 17.2 Å². The van der Waals surface area contributed by atoms with Crippen LogP contribution in [0.3, 0.4) is 0 Å². The fourth-order valence-corrected chi connectivity index (χ4v) is 4.79. The van der Waals surface area contributed by atoms with Crippen LogP contribution in [0.2, 0.25) is 0 Å². The molecule has 1 aromatic carbocycles. The van der Waals surface area contributed by atoms with Crippen molar-refractivity contribution < 1.29 is 17.9 Å². The highest BCUT2D eigenvalue weighted by Gasteiger charge is 2.32. The van der Waals surface area contributed by atoms with E-state index < -0.39 is 6.36 Å². The number of alkyl halides is 3. The molecule has 2 N–H and O–H groups in total. The first-order chi connectivity index (χ1) is 16.4. The van der Waals surface area contributed by atoms with Gasteiger partial charge in [0.25, 0.3) is 0 Å². The van der Waals surface area contributed by atoms with E-state index >= 15 is 0 Å². The molecule has 0 unspecified atom stereocenters. The SMILES string of the molecule is N#Cc1cnc(NCc2ccccc2OC(F)(F)F)nc1NC[C@H]1CC[C@H](N2CCCC2)CC1. The molecule has 2 aromatic rings. The lowest BCUT2D eigenvalue weighted by Crippen LogP contribution is -2.37. The summed E-state index contributed by atoms with van der Waals surface area (Å²) in [6.07, 6.45) is 3.95. The van der Waals surface area contributed by atoms with E-state index in [1.165, 1.54) is 63.2 Å². The number of rotatable bonds is 8. The molecule has 0 amide bonds. The molecule has 2 fully saturated rings. The minimum Gasteiger partial charge on any atom is -0.405 e. The smallest absolute Gasteiger partial charge is 0.405 e. The van der Waals surface area contributed by atoms with Gasteiger partial charge in [0, 0.05) is 24.7 Å². The number of aromatic nitrogens is 2. The number of benzene rings is 1. The Bertz CT molecular complexity index is 995. The zero-order valence-corrected chi connectivity index (χ0v) is 18.9. The number of hydrogen-bond donors (Lipinski definition) is 2. The minimum absolute atomic E-state index is 0.0398. The van der Waals surface area contributed by atoms with Gasteiger partial charge in [0.15, 0.2) is 0 Å². The minimum atomic E-state index is -4.77. The number of ether oxygens (including phenoxy) is 1. The number of para-hydroxylation sites is 1. The van der Waals surface area contributed by atoms with Crippen molar-refractivity contribution in [3.63, 3.8) is 0 Å². The van der Waals surface area contributed by atoms with Crippen LogP contribution < -0.4 is 15.4 Å². The molecule has 0 radical (unpaired) electrons. The van der Waals surface area contributed by atoms with E-state index in [0.29, 0.717) is 28.9 Å². The van der Waals surface area contributed by atoms with Gasteiger partial charge < -0.3 is 20.3 Å². The highest BCUT2D eigenvalue weighted by molar-refractivity contribution is 5.53. The zero-order chi connectivity index (χ0) is 24.0. The Morgan fingerprint density at radius 1 is 1.09 bits per heavy atom. The van der Waals surface area contributed by atoms with E-state index in [2.05, 4.69) is 36.3 Å². The van der Waals surface area contributed by atoms with Gasteiger partial charge in [-0.3, -0.25) is 0 Å². The second kappa shape index (κ2) is 10.9. The number of likely N-dealkylation sites (tertiary alicyclic amines) is 1. The fourth-order valence-electron chi connectivity index (χ4n) is 4.79. The van der Waals surface area contributed by atoms with Crippen LogP contribution >= 0.6 is 0 Å². The number of nitrogens with zero attached hydrogens (tertiary/aromatic N) is 4. The standard InChI is InChI=1S/C24H29F3N6O/c25-24(26,27)34-21-6-2-1-5-18(21)15-30-23-31-16-19(13-28)22(32-23)29-14-17-7-9-20(10-8-17)33-11-3-4-12-33/h1-2,5-6,16-17,20H,3-4,7-12,14-15H2,(H2,29,30,31,32)/t17-,20-. The number of nitrogens with one attached hydrogen (secondary N) is 2. The molecule has 1 saturated heterocycles. The first-order valence-corrected chi connectivity index (χ1v) is 11.7. The summed E-state index contributed by atoms with van der Waals surface area (Å²) in [5, 5.41) is 15.7. The molecule has 182 valence electrons. The van der Waals surface area contributed by atoms with Gasteiger partial charge in [0.2, 0.25) is 5.95 Å². The predicted octanol–water partition coefficient (Wildman–Crippen LogP) is 4.93. The molecule has 10 heteroatoms. The Morgan fingerprint density at radius 3 is 2.53 bits per heavy atom. The van der Waals surface area contributed by atoms with Gasteiger partial charge in [-0.05, 0) is 63.6 Å². The lowest BCUT2D eigenvalue weighted by Gasteiger charge is -2.34. The van der Waals surface area contributed by atoms with Crippen molar-refractivity contribution in [2.75, 3.05) is 30.3 Å². The van der Waals surface area contributed by atoms with Crippen LogP contribution in [0.1, 0.15) is 49.7 Å². The first kappa shape index (κ1) is 24.1. The quantitative estimate of drug-likeness (QED) is 0.561. The highest BCUT2D eigenvalue weighted by atomic mass is 19.4. The van der Waals surface area contributed by atoms with Crippen LogP contribution in [0.4, 0.5) is 24.9 Å². The van der Waals surface area contributed by atoms with Crippen molar-refractivity contribution in [2.45, 2.75) is 57.5 Å². The summed E-state index contributed by atoms with van der Waals surface area (Å²) in [5.41, 5.74) is 0.647. The highest BCUT2D eigenvalue weighted by Crippen LogP contribution is 2.30. The molecular weight excluding hydrogens is 445 g/mol. The largest absolute Gasteiger partial charge is 0.573 e. The van der Waals surface area contributed by atoms with E-state index in [1.54, 1.807) is 6.07 Å². The lowest BCUT2D eigenvalue weighted by molar-refractivity contribution is -0.274. The second-order valence-electron chi connectivity index (χ2n) is 8.88. The summed E-state index contributed by atoms with van der Waals surface area (Å²) in [6, 6.07) is 8.70. The number of halogens is 3. The lowest BCUT2D eigenvalue weighted by atomic mass is 9.85. The number of nitriles is 1. The number of anilines is 2. The Balaban J connectivity index is 1.33. The van der Waals surface area contributed by atoms with Crippen molar-refractivity contribution >= 4 is 11.8 Å². The van der Waals surface area contributed by atoms with E-state index in [1.807, 2.05) is 0 Å². The number of hydrogen-bond acceptors (Lipinski definition) is 7. The van der Waals surface area contributed by atoms with Gasteiger partial charge in [-0.25, -0.2) is 4.98 Å². The third-order valence-electron chi connectivity index (χ3n) is 6.58. The van der Waals surface area contributed by atoms with E-state index in [-0.39, 0.29) is 18.2 Å². The van der Waals surface area contributed by atoms with Gasteiger partial charge >= 0.3 is 6.36 Å². The first-order valence-electron chi connectivity index (χ1n) is 11.7. The molecule has 0 spiro atoms. The molecular formula is C24H29F3N6O. The molecule has 2 heterocycles. The normalized spacial score (nSPS) is 21.1. The summed E-state index contributed by atoms with van der Waals surface area (Å²) < 4.78 is 42.0. The van der Waals surface area contributed by atoms with E-state index in [0.717, 1.165) is 19.4 Å². The van der Waals surface area contributed by atoms with Crippen molar-refractivity contribution in [3.8, 4) is 11.8 Å². The third-order valence-corrected chi connectivity index (χ3v) is 6.58. The monoisotopic (exact) mass is 474 g/mol.